The molecule has 23 heavy (non-hydrogen) atoms. The smallest absolute Gasteiger partial charge is 0.191 e. The molecule has 1 aromatic carbocycles. The van der Waals surface area contributed by atoms with Gasteiger partial charge in [-0.05, 0) is 25.0 Å². The standard InChI is InChI=1S/C16H26FN3OS.HI/c1-3-21-11-6-9-19-16(18-2)20-10-12-22-13-14-7-4-5-8-15(14)17;/h4-5,7-8H,3,6,9-13H2,1-2H3,(H2,18,19,20);1H. The summed E-state index contributed by atoms with van der Waals surface area (Å²) in [6.45, 7) is 5.14. The fourth-order valence-corrected chi connectivity index (χ4v) is 2.63. The molecule has 0 saturated carbocycles. The van der Waals surface area contributed by atoms with Gasteiger partial charge < -0.3 is 15.4 Å². The molecule has 1 rings (SSSR count). The Kier molecular flexibility index (Phi) is 14.7. The first kappa shape index (κ1) is 22.5. The fourth-order valence-electron chi connectivity index (χ4n) is 1.79. The van der Waals surface area contributed by atoms with Crippen molar-refractivity contribution in [2.24, 2.45) is 4.99 Å². The summed E-state index contributed by atoms with van der Waals surface area (Å²) in [4.78, 5) is 4.16. The maximum absolute atomic E-state index is 13.4. The van der Waals surface area contributed by atoms with Crippen LogP contribution in [-0.2, 0) is 10.5 Å². The van der Waals surface area contributed by atoms with Gasteiger partial charge in [0.25, 0.3) is 0 Å². The van der Waals surface area contributed by atoms with Crippen molar-refractivity contribution in [2.75, 3.05) is 39.1 Å². The Balaban J connectivity index is 0.00000484. The number of benzene rings is 1. The first-order chi connectivity index (χ1) is 10.8. The molecule has 0 unspecified atom stereocenters. The second-order valence-electron chi connectivity index (χ2n) is 4.62. The van der Waals surface area contributed by atoms with E-state index >= 15 is 0 Å². The van der Waals surface area contributed by atoms with E-state index < -0.39 is 0 Å². The molecule has 4 nitrogen and oxygen atoms in total. The lowest BCUT2D eigenvalue weighted by Gasteiger charge is -2.11. The van der Waals surface area contributed by atoms with Crippen LogP contribution in [0.15, 0.2) is 29.3 Å². The van der Waals surface area contributed by atoms with Crippen LogP contribution in [0.25, 0.3) is 0 Å². The predicted octanol–water partition coefficient (Wildman–Crippen LogP) is 3.27. The van der Waals surface area contributed by atoms with E-state index in [2.05, 4.69) is 15.6 Å². The van der Waals surface area contributed by atoms with Crippen molar-refractivity contribution in [1.82, 2.24) is 10.6 Å². The van der Waals surface area contributed by atoms with Crippen LogP contribution in [-0.4, -0.2) is 45.1 Å². The minimum absolute atomic E-state index is 0. The van der Waals surface area contributed by atoms with Crippen LogP contribution in [0.1, 0.15) is 18.9 Å². The summed E-state index contributed by atoms with van der Waals surface area (Å²) >= 11 is 1.70. The van der Waals surface area contributed by atoms with Crippen molar-refractivity contribution in [3.8, 4) is 0 Å². The van der Waals surface area contributed by atoms with Gasteiger partial charge in [0.2, 0.25) is 0 Å². The van der Waals surface area contributed by atoms with Gasteiger partial charge in [0.1, 0.15) is 5.82 Å². The summed E-state index contributed by atoms with van der Waals surface area (Å²) in [5, 5.41) is 6.48. The second-order valence-corrected chi connectivity index (χ2v) is 5.73. The predicted molar refractivity (Wildman–Crippen MR) is 108 cm³/mol. The first-order valence-electron chi connectivity index (χ1n) is 7.61. The Hall–Kier alpha value is -0.540. The number of hydrogen-bond donors (Lipinski definition) is 2. The van der Waals surface area contributed by atoms with E-state index in [4.69, 9.17) is 4.74 Å². The molecular formula is C16H27FIN3OS. The zero-order chi connectivity index (χ0) is 16.0. The zero-order valence-corrected chi connectivity index (χ0v) is 17.0. The summed E-state index contributed by atoms with van der Waals surface area (Å²) in [5.74, 6) is 2.25. The van der Waals surface area contributed by atoms with Gasteiger partial charge in [-0.25, -0.2) is 4.39 Å². The summed E-state index contributed by atoms with van der Waals surface area (Å²) in [6.07, 6.45) is 0.955. The lowest BCUT2D eigenvalue weighted by molar-refractivity contribution is 0.145. The zero-order valence-electron chi connectivity index (χ0n) is 13.8. The van der Waals surface area contributed by atoms with Gasteiger partial charge in [-0.1, -0.05) is 18.2 Å². The number of nitrogens with zero attached hydrogens (tertiary/aromatic N) is 1. The van der Waals surface area contributed by atoms with Crippen LogP contribution < -0.4 is 10.6 Å². The Labute approximate surface area is 160 Å². The van der Waals surface area contributed by atoms with E-state index in [9.17, 15) is 4.39 Å². The highest BCUT2D eigenvalue weighted by atomic mass is 127. The normalized spacial score (nSPS) is 11.0. The average Bonchev–Trinajstić information content (AvgIpc) is 2.54. The Morgan fingerprint density at radius 1 is 1.26 bits per heavy atom. The molecule has 1 aromatic rings. The van der Waals surface area contributed by atoms with E-state index in [0.717, 1.165) is 50.0 Å². The summed E-state index contributed by atoms with van der Waals surface area (Å²) < 4.78 is 18.7. The minimum Gasteiger partial charge on any atom is -0.382 e. The average molecular weight is 455 g/mol. The van der Waals surface area contributed by atoms with E-state index in [-0.39, 0.29) is 29.8 Å². The van der Waals surface area contributed by atoms with E-state index in [0.29, 0.717) is 5.75 Å². The molecule has 0 bridgehead atoms. The number of rotatable bonds is 10. The Morgan fingerprint density at radius 2 is 2.00 bits per heavy atom. The molecule has 0 aliphatic carbocycles. The maximum atomic E-state index is 13.4. The third-order valence-corrected chi connectivity index (χ3v) is 3.95. The lowest BCUT2D eigenvalue weighted by Crippen LogP contribution is -2.39. The highest BCUT2D eigenvalue weighted by Gasteiger charge is 2.01. The number of guanidine groups is 1. The highest BCUT2D eigenvalue weighted by molar-refractivity contribution is 14.0. The van der Waals surface area contributed by atoms with Crippen LogP contribution in [0.4, 0.5) is 4.39 Å². The van der Waals surface area contributed by atoms with Crippen molar-refractivity contribution in [2.45, 2.75) is 19.1 Å². The number of hydrogen-bond acceptors (Lipinski definition) is 3. The molecule has 0 aliphatic heterocycles. The van der Waals surface area contributed by atoms with Crippen molar-refractivity contribution in [1.29, 1.82) is 0 Å². The molecule has 0 amide bonds. The number of nitrogens with one attached hydrogen (secondary N) is 2. The van der Waals surface area contributed by atoms with Crippen LogP contribution in [0.3, 0.4) is 0 Å². The SMILES string of the molecule is CCOCCCNC(=NC)NCCSCc1ccccc1F.I. The van der Waals surface area contributed by atoms with Gasteiger partial charge in [0, 0.05) is 44.9 Å². The van der Waals surface area contributed by atoms with Gasteiger partial charge in [-0.3, -0.25) is 4.99 Å². The van der Waals surface area contributed by atoms with Gasteiger partial charge in [-0.15, -0.1) is 24.0 Å². The summed E-state index contributed by atoms with van der Waals surface area (Å²) in [7, 11) is 1.75. The van der Waals surface area contributed by atoms with Gasteiger partial charge in [-0.2, -0.15) is 11.8 Å². The van der Waals surface area contributed by atoms with Crippen LogP contribution in [0.5, 0.6) is 0 Å². The topological polar surface area (TPSA) is 45.6 Å². The maximum Gasteiger partial charge on any atom is 0.191 e. The van der Waals surface area contributed by atoms with Crippen LogP contribution in [0.2, 0.25) is 0 Å². The first-order valence-corrected chi connectivity index (χ1v) is 8.76. The quantitative estimate of drug-likeness (QED) is 0.246. The van der Waals surface area contributed by atoms with Gasteiger partial charge >= 0.3 is 0 Å². The molecule has 0 atom stereocenters. The third kappa shape index (κ3) is 10.8. The molecule has 0 radical (unpaired) electrons. The monoisotopic (exact) mass is 455 g/mol. The third-order valence-electron chi connectivity index (χ3n) is 2.94. The van der Waals surface area contributed by atoms with E-state index in [1.54, 1.807) is 24.9 Å². The van der Waals surface area contributed by atoms with Crippen LogP contribution in [0, 0.1) is 5.82 Å². The molecule has 0 aliphatic rings. The van der Waals surface area contributed by atoms with Crippen molar-refractivity contribution in [3.63, 3.8) is 0 Å². The minimum atomic E-state index is -0.130. The molecule has 132 valence electrons. The molecule has 0 spiro atoms. The second kappa shape index (κ2) is 15.0. The number of aliphatic imine (C=N–C) groups is 1. The van der Waals surface area contributed by atoms with Gasteiger partial charge in [0.15, 0.2) is 5.96 Å². The van der Waals surface area contributed by atoms with Crippen LogP contribution >= 0.6 is 35.7 Å². The molecule has 2 N–H and O–H groups in total. The summed E-state index contributed by atoms with van der Waals surface area (Å²) in [6, 6.07) is 6.91. The van der Waals surface area contributed by atoms with E-state index in [1.165, 1.54) is 6.07 Å². The number of ether oxygens (including phenoxy) is 1. The number of thioether (sulfide) groups is 1. The van der Waals surface area contributed by atoms with E-state index in [1.807, 2.05) is 19.1 Å². The molecule has 0 aromatic heterocycles. The van der Waals surface area contributed by atoms with Crippen molar-refractivity contribution in [3.05, 3.63) is 35.6 Å². The molecule has 0 saturated heterocycles. The lowest BCUT2D eigenvalue weighted by atomic mass is 10.2. The Morgan fingerprint density at radius 3 is 2.70 bits per heavy atom. The molecular weight excluding hydrogens is 428 g/mol. The number of halogens is 2. The molecule has 7 heteroatoms. The van der Waals surface area contributed by atoms with Crippen molar-refractivity contribution < 1.29 is 9.13 Å². The van der Waals surface area contributed by atoms with Crippen molar-refractivity contribution >= 4 is 41.7 Å². The largest absolute Gasteiger partial charge is 0.382 e. The molecule has 0 fully saturated rings. The Bertz CT molecular complexity index is 449. The molecule has 0 heterocycles. The van der Waals surface area contributed by atoms with Gasteiger partial charge in [0.05, 0.1) is 0 Å². The fraction of sp³-hybridized carbons (Fsp3) is 0.562. The summed E-state index contributed by atoms with van der Waals surface area (Å²) in [5.41, 5.74) is 0.755. The highest BCUT2D eigenvalue weighted by Crippen LogP contribution is 2.14.